The number of nitrogens with zero attached hydrogens (tertiary/aromatic N) is 1. The van der Waals surface area contributed by atoms with Crippen LogP contribution in [-0.4, -0.2) is 25.8 Å². The number of rotatable bonds is 4. The summed E-state index contributed by atoms with van der Waals surface area (Å²) in [5.41, 5.74) is 1.41. The summed E-state index contributed by atoms with van der Waals surface area (Å²) >= 11 is 0. The molecule has 1 saturated heterocycles. The number of alkyl halides is 3. The van der Waals surface area contributed by atoms with Crippen LogP contribution < -0.4 is 10.2 Å². The first kappa shape index (κ1) is 16.1. The molecule has 1 N–H and O–H groups in total. The monoisotopic (exact) mass is 304 g/mol. The Morgan fingerprint density at radius 3 is 2.76 bits per heavy atom. The molecule has 1 unspecified atom stereocenters. The molecule has 1 fully saturated rings. The molecule has 2 nitrogen and oxygen atoms in total. The van der Waals surface area contributed by atoms with Crippen LogP contribution in [0.4, 0.5) is 23.2 Å². The van der Waals surface area contributed by atoms with E-state index in [2.05, 4.69) is 5.32 Å². The van der Waals surface area contributed by atoms with Gasteiger partial charge in [-0.3, -0.25) is 0 Å². The van der Waals surface area contributed by atoms with Gasteiger partial charge in [-0.1, -0.05) is 6.92 Å². The third kappa shape index (κ3) is 4.09. The molecule has 0 spiro atoms. The zero-order valence-electron chi connectivity index (χ0n) is 12.0. The first-order valence-electron chi connectivity index (χ1n) is 7.22. The van der Waals surface area contributed by atoms with Gasteiger partial charge in [-0.05, 0) is 43.1 Å². The Hall–Kier alpha value is -1.30. The van der Waals surface area contributed by atoms with E-state index < -0.39 is 12.1 Å². The van der Waals surface area contributed by atoms with Gasteiger partial charge in [-0.15, -0.1) is 0 Å². The summed E-state index contributed by atoms with van der Waals surface area (Å²) in [4.78, 5) is 1.73. The minimum absolute atomic E-state index is 0.0474. The standard InChI is InChI=1S/C15H20F4N2/c1-2-20-9-11-8-13(16)5-6-14(11)21-7-3-4-12(10-21)15(17,18)19/h5-6,8,12,20H,2-4,7,9-10H2,1H3. The number of benzene rings is 1. The molecule has 1 aromatic rings. The molecule has 0 bridgehead atoms. The highest BCUT2D eigenvalue weighted by atomic mass is 19.4. The molecule has 0 radical (unpaired) electrons. The summed E-state index contributed by atoms with van der Waals surface area (Å²) in [6.07, 6.45) is -3.49. The van der Waals surface area contributed by atoms with E-state index in [9.17, 15) is 17.6 Å². The fourth-order valence-corrected chi connectivity index (χ4v) is 2.73. The van der Waals surface area contributed by atoms with E-state index in [1.54, 1.807) is 11.0 Å². The minimum atomic E-state index is -4.17. The molecule has 1 heterocycles. The summed E-state index contributed by atoms with van der Waals surface area (Å²) < 4.78 is 52.1. The lowest BCUT2D eigenvalue weighted by Gasteiger charge is -2.36. The Morgan fingerprint density at radius 2 is 2.10 bits per heavy atom. The number of hydrogen-bond acceptors (Lipinski definition) is 2. The van der Waals surface area contributed by atoms with Crippen molar-refractivity contribution in [3.05, 3.63) is 29.6 Å². The molecule has 0 aliphatic carbocycles. The van der Waals surface area contributed by atoms with Crippen LogP contribution in [0.2, 0.25) is 0 Å². The summed E-state index contributed by atoms with van der Waals surface area (Å²) in [5.74, 6) is -1.67. The predicted octanol–water partition coefficient (Wildman–Crippen LogP) is 3.71. The van der Waals surface area contributed by atoms with E-state index in [-0.39, 0.29) is 18.8 Å². The lowest BCUT2D eigenvalue weighted by atomic mass is 9.96. The van der Waals surface area contributed by atoms with Crippen molar-refractivity contribution in [1.29, 1.82) is 0 Å². The van der Waals surface area contributed by atoms with Crippen molar-refractivity contribution >= 4 is 5.69 Å². The second kappa shape index (κ2) is 6.64. The molecule has 21 heavy (non-hydrogen) atoms. The third-order valence-electron chi connectivity index (χ3n) is 3.83. The third-order valence-corrected chi connectivity index (χ3v) is 3.83. The topological polar surface area (TPSA) is 15.3 Å². The van der Waals surface area contributed by atoms with Crippen LogP contribution in [0.1, 0.15) is 25.3 Å². The van der Waals surface area contributed by atoms with E-state index in [1.807, 2.05) is 6.92 Å². The molecular formula is C15H20F4N2. The summed E-state index contributed by atoms with van der Waals surface area (Å²) in [5, 5.41) is 3.10. The van der Waals surface area contributed by atoms with Gasteiger partial charge in [0.15, 0.2) is 0 Å². The molecule has 118 valence electrons. The van der Waals surface area contributed by atoms with Crippen LogP contribution in [-0.2, 0) is 6.54 Å². The van der Waals surface area contributed by atoms with Crippen LogP contribution >= 0.6 is 0 Å². The SMILES string of the molecule is CCNCc1cc(F)ccc1N1CCCC(C(F)(F)F)C1. The van der Waals surface area contributed by atoms with Crippen molar-refractivity contribution in [2.24, 2.45) is 5.92 Å². The molecular weight excluding hydrogens is 284 g/mol. The van der Waals surface area contributed by atoms with Gasteiger partial charge in [0.05, 0.1) is 5.92 Å². The van der Waals surface area contributed by atoms with Crippen molar-refractivity contribution < 1.29 is 17.6 Å². The fourth-order valence-electron chi connectivity index (χ4n) is 2.73. The van der Waals surface area contributed by atoms with Gasteiger partial charge < -0.3 is 10.2 Å². The van der Waals surface area contributed by atoms with Crippen LogP contribution in [0, 0.1) is 11.7 Å². The smallest absolute Gasteiger partial charge is 0.371 e. The zero-order chi connectivity index (χ0) is 15.5. The normalized spacial score (nSPS) is 19.9. The molecule has 0 aromatic heterocycles. The Kier molecular flexibility index (Phi) is 5.08. The van der Waals surface area contributed by atoms with Gasteiger partial charge in [-0.2, -0.15) is 13.2 Å². The fraction of sp³-hybridized carbons (Fsp3) is 0.600. The Morgan fingerprint density at radius 1 is 1.33 bits per heavy atom. The van der Waals surface area contributed by atoms with Crippen molar-refractivity contribution in [2.45, 2.75) is 32.5 Å². The van der Waals surface area contributed by atoms with Crippen LogP contribution in [0.5, 0.6) is 0 Å². The van der Waals surface area contributed by atoms with Crippen LogP contribution in [0.25, 0.3) is 0 Å². The highest BCUT2D eigenvalue weighted by Gasteiger charge is 2.42. The highest BCUT2D eigenvalue weighted by Crippen LogP contribution is 2.35. The molecule has 6 heteroatoms. The van der Waals surface area contributed by atoms with E-state index in [0.717, 1.165) is 6.54 Å². The van der Waals surface area contributed by atoms with Gasteiger partial charge in [0.1, 0.15) is 5.82 Å². The van der Waals surface area contributed by atoms with Crippen LogP contribution in [0.3, 0.4) is 0 Å². The van der Waals surface area contributed by atoms with Crippen molar-refractivity contribution in [3.8, 4) is 0 Å². The van der Waals surface area contributed by atoms with Gasteiger partial charge in [0, 0.05) is 25.3 Å². The van der Waals surface area contributed by atoms with E-state index >= 15 is 0 Å². The van der Waals surface area contributed by atoms with E-state index in [4.69, 9.17) is 0 Å². The first-order valence-corrected chi connectivity index (χ1v) is 7.22. The van der Waals surface area contributed by atoms with E-state index in [1.165, 1.54) is 12.1 Å². The average Bonchev–Trinajstić information content (AvgIpc) is 2.44. The number of anilines is 1. The Balaban J connectivity index is 2.20. The minimum Gasteiger partial charge on any atom is -0.371 e. The molecule has 0 saturated carbocycles. The molecule has 2 rings (SSSR count). The van der Waals surface area contributed by atoms with Crippen molar-refractivity contribution in [3.63, 3.8) is 0 Å². The van der Waals surface area contributed by atoms with Gasteiger partial charge in [0.25, 0.3) is 0 Å². The summed E-state index contributed by atoms with van der Waals surface area (Å²) in [7, 11) is 0. The largest absolute Gasteiger partial charge is 0.393 e. The number of piperidine rings is 1. The lowest BCUT2D eigenvalue weighted by molar-refractivity contribution is -0.176. The quantitative estimate of drug-likeness (QED) is 0.853. The number of halogens is 4. The Bertz CT molecular complexity index is 473. The molecule has 1 aliphatic rings. The first-order chi connectivity index (χ1) is 9.91. The number of hydrogen-bond donors (Lipinski definition) is 1. The van der Waals surface area contributed by atoms with Gasteiger partial charge in [0.2, 0.25) is 0 Å². The summed E-state index contributed by atoms with van der Waals surface area (Å²) in [6.45, 7) is 3.64. The molecule has 1 atom stereocenters. The second-order valence-electron chi connectivity index (χ2n) is 5.38. The maximum Gasteiger partial charge on any atom is 0.393 e. The maximum absolute atomic E-state index is 13.4. The molecule has 0 amide bonds. The van der Waals surface area contributed by atoms with Crippen molar-refractivity contribution in [2.75, 3.05) is 24.5 Å². The van der Waals surface area contributed by atoms with Gasteiger partial charge >= 0.3 is 6.18 Å². The Labute approximate surface area is 122 Å². The zero-order valence-corrected chi connectivity index (χ0v) is 12.0. The molecule has 1 aromatic carbocycles. The second-order valence-corrected chi connectivity index (χ2v) is 5.38. The molecule has 1 aliphatic heterocycles. The van der Waals surface area contributed by atoms with Crippen molar-refractivity contribution in [1.82, 2.24) is 5.32 Å². The predicted molar refractivity (Wildman–Crippen MR) is 74.8 cm³/mol. The van der Waals surface area contributed by atoms with Gasteiger partial charge in [-0.25, -0.2) is 4.39 Å². The maximum atomic E-state index is 13.4. The average molecular weight is 304 g/mol. The summed E-state index contributed by atoms with van der Waals surface area (Å²) in [6, 6.07) is 4.29. The highest BCUT2D eigenvalue weighted by molar-refractivity contribution is 5.54. The lowest BCUT2D eigenvalue weighted by Crippen LogP contribution is -2.42. The van der Waals surface area contributed by atoms with E-state index in [0.29, 0.717) is 30.8 Å². The number of nitrogens with one attached hydrogen (secondary N) is 1. The van der Waals surface area contributed by atoms with Crippen LogP contribution in [0.15, 0.2) is 18.2 Å².